The van der Waals surface area contributed by atoms with E-state index in [1.807, 2.05) is 31.2 Å². The molecule has 0 amide bonds. The van der Waals surface area contributed by atoms with E-state index in [4.69, 9.17) is 9.47 Å². The minimum atomic E-state index is 0.485. The van der Waals surface area contributed by atoms with E-state index in [0.717, 1.165) is 23.0 Å². The molecule has 18 heavy (non-hydrogen) atoms. The molecule has 2 nitrogen and oxygen atoms in total. The van der Waals surface area contributed by atoms with Crippen LogP contribution in [0.2, 0.25) is 0 Å². The number of benzene rings is 2. The summed E-state index contributed by atoms with van der Waals surface area (Å²) >= 11 is 0. The van der Waals surface area contributed by atoms with Gasteiger partial charge in [0.05, 0.1) is 0 Å². The van der Waals surface area contributed by atoms with E-state index in [0.29, 0.717) is 5.92 Å². The van der Waals surface area contributed by atoms with Gasteiger partial charge in [-0.2, -0.15) is 0 Å². The summed E-state index contributed by atoms with van der Waals surface area (Å²) in [6.07, 6.45) is 0. The second-order valence-electron chi connectivity index (χ2n) is 5.02. The van der Waals surface area contributed by atoms with Crippen LogP contribution in [-0.4, -0.2) is 0 Å². The van der Waals surface area contributed by atoms with E-state index in [-0.39, 0.29) is 0 Å². The maximum Gasteiger partial charge on any atom is 0.170 e. The normalized spacial score (nSPS) is 12.4. The molecule has 2 aromatic carbocycles. The first-order chi connectivity index (χ1) is 8.63. The zero-order valence-corrected chi connectivity index (χ0v) is 10.9. The lowest BCUT2D eigenvalue weighted by atomic mass is 10.0. The minimum Gasteiger partial charge on any atom is -0.450 e. The molecule has 0 bridgehead atoms. The van der Waals surface area contributed by atoms with Crippen molar-refractivity contribution in [2.45, 2.75) is 26.7 Å². The van der Waals surface area contributed by atoms with E-state index < -0.39 is 0 Å². The molecule has 0 N–H and O–H groups in total. The zero-order chi connectivity index (χ0) is 12.7. The van der Waals surface area contributed by atoms with Crippen LogP contribution in [0.5, 0.6) is 23.0 Å². The average Bonchev–Trinajstić information content (AvgIpc) is 2.35. The van der Waals surface area contributed by atoms with Crippen molar-refractivity contribution in [2.75, 3.05) is 0 Å². The molecule has 0 aliphatic carbocycles. The van der Waals surface area contributed by atoms with Crippen LogP contribution in [0, 0.1) is 6.92 Å². The van der Waals surface area contributed by atoms with Gasteiger partial charge in [0.2, 0.25) is 0 Å². The Bertz CT molecular complexity index is 600. The molecule has 2 aromatic rings. The Morgan fingerprint density at radius 1 is 0.778 bits per heavy atom. The third-order valence-corrected chi connectivity index (χ3v) is 3.17. The Morgan fingerprint density at radius 3 is 2.06 bits per heavy atom. The van der Waals surface area contributed by atoms with Gasteiger partial charge in [0.15, 0.2) is 23.0 Å². The van der Waals surface area contributed by atoms with Crippen molar-refractivity contribution in [1.29, 1.82) is 0 Å². The van der Waals surface area contributed by atoms with Crippen LogP contribution in [0.25, 0.3) is 0 Å². The lowest BCUT2D eigenvalue weighted by Crippen LogP contribution is -2.00. The lowest BCUT2D eigenvalue weighted by Gasteiger charge is -2.22. The summed E-state index contributed by atoms with van der Waals surface area (Å²) in [5.74, 6) is 3.65. The molecule has 0 spiro atoms. The summed E-state index contributed by atoms with van der Waals surface area (Å²) in [6, 6.07) is 12.1. The Hall–Kier alpha value is -1.96. The molecule has 0 atom stereocenters. The highest BCUT2D eigenvalue weighted by Gasteiger charge is 2.19. The fourth-order valence-electron chi connectivity index (χ4n) is 2.06. The molecule has 0 saturated carbocycles. The highest BCUT2D eigenvalue weighted by molar-refractivity contribution is 5.56. The molecule has 92 valence electrons. The van der Waals surface area contributed by atoms with Gasteiger partial charge in [0.1, 0.15) is 0 Å². The molecule has 1 aliphatic rings. The van der Waals surface area contributed by atoms with Crippen LogP contribution in [0.4, 0.5) is 0 Å². The summed E-state index contributed by atoms with van der Waals surface area (Å²) in [5, 5.41) is 0. The summed E-state index contributed by atoms with van der Waals surface area (Å²) < 4.78 is 11.8. The van der Waals surface area contributed by atoms with Crippen molar-refractivity contribution < 1.29 is 9.47 Å². The SMILES string of the molecule is Cc1ccc2c(c1)Oc1ccc(C(C)C)cc1O2. The van der Waals surface area contributed by atoms with Crippen molar-refractivity contribution in [3.05, 3.63) is 47.5 Å². The number of hydrogen-bond donors (Lipinski definition) is 0. The van der Waals surface area contributed by atoms with E-state index in [1.165, 1.54) is 11.1 Å². The Labute approximate surface area is 107 Å². The molecular formula is C16H16O2. The molecule has 0 radical (unpaired) electrons. The van der Waals surface area contributed by atoms with Crippen molar-refractivity contribution in [1.82, 2.24) is 0 Å². The van der Waals surface area contributed by atoms with Crippen LogP contribution in [0.3, 0.4) is 0 Å². The fraction of sp³-hybridized carbons (Fsp3) is 0.250. The van der Waals surface area contributed by atoms with Gasteiger partial charge in [-0.15, -0.1) is 0 Å². The maximum atomic E-state index is 5.90. The molecule has 2 heteroatoms. The Kier molecular flexibility index (Phi) is 2.51. The van der Waals surface area contributed by atoms with E-state index in [2.05, 4.69) is 26.0 Å². The van der Waals surface area contributed by atoms with E-state index >= 15 is 0 Å². The van der Waals surface area contributed by atoms with Gasteiger partial charge in [-0.3, -0.25) is 0 Å². The molecule has 0 fully saturated rings. The largest absolute Gasteiger partial charge is 0.450 e. The van der Waals surface area contributed by atoms with Crippen molar-refractivity contribution >= 4 is 0 Å². The molecule has 1 aliphatic heterocycles. The van der Waals surface area contributed by atoms with Gasteiger partial charge in [-0.25, -0.2) is 0 Å². The van der Waals surface area contributed by atoms with Crippen molar-refractivity contribution in [3.8, 4) is 23.0 Å². The topological polar surface area (TPSA) is 18.5 Å². The van der Waals surface area contributed by atoms with Crippen molar-refractivity contribution in [3.63, 3.8) is 0 Å². The molecule has 0 unspecified atom stereocenters. The van der Waals surface area contributed by atoms with Gasteiger partial charge in [-0.05, 0) is 48.2 Å². The van der Waals surface area contributed by atoms with Gasteiger partial charge in [0.25, 0.3) is 0 Å². The highest BCUT2D eigenvalue weighted by atomic mass is 16.6. The summed E-state index contributed by atoms with van der Waals surface area (Å²) in [6.45, 7) is 6.38. The highest BCUT2D eigenvalue weighted by Crippen LogP contribution is 2.46. The van der Waals surface area contributed by atoms with Gasteiger partial charge in [-0.1, -0.05) is 26.0 Å². The summed E-state index contributed by atoms with van der Waals surface area (Å²) in [7, 11) is 0. The smallest absolute Gasteiger partial charge is 0.170 e. The van der Waals surface area contributed by atoms with Crippen LogP contribution < -0.4 is 9.47 Å². The fourth-order valence-corrected chi connectivity index (χ4v) is 2.06. The van der Waals surface area contributed by atoms with E-state index in [1.54, 1.807) is 0 Å². The second kappa shape index (κ2) is 4.05. The number of hydrogen-bond acceptors (Lipinski definition) is 2. The zero-order valence-electron chi connectivity index (χ0n) is 10.9. The number of aryl methyl sites for hydroxylation is 1. The first-order valence-corrected chi connectivity index (χ1v) is 6.24. The first kappa shape index (κ1) is 11.1. The number of rotatable bonds is 1. The predicted octanol–water partition coefficient (Wildman–Crippen LogP) is 5.02. The number of ether oxygens (including phenoxy) is 2. The Balaban J connectivity index is 2.02. The third-order valence-electron chi connectivity index (χ3n) is 3.17. The van der Waals surface area contributed by atoms with Crippen LogP contribution in [-0.2, 0) is 0 Å². The van der Waals surface area contributed by atoms with Gasteiger partial charge in [0, 0.05) is 0 Å². The Morgan fingerprint density at radius 2 is 1.39 bits per heavy atom. The quantitative estimate of drug-likeness (QED) is 0.594. The first-order valence-electron chi connectivity index (χ1n) is 6.24. The molecule has 0 aromatic heterocycles. The standard InChI is InChI=1S/C16H16O2/c1-10(2)12-5-7-14-16(9-12)18-13-6-4-11(3)8-15(13)17-14/h4-10H,1-3H3. The monoisotopic (exact) mass is 240 g/mol. The lowest BCUT2D eigenvalue weighted by molar-refractivity contribution is 0.358. The van der Waals surface area contributed by atoms with Crippen LogP contribution in [0.1, 0.15) is 30.9 Å². The minimum absolute atomic E-state index is 0.485. The van der Waals surface area contributed by atoms with Crippen molar-refractivity contribution in [2.24, 2.45) is 0 Å². The van der Waals surface area contributed by atoms with Gasteiger partial charge < -0.3 is 9.47 Å². The molecule has 0 saturated heterocycles. The third kappa shape index (κ3) is 1.84. The molecule has 3 rings (SSSR count). The predicted molar refractivity (Wildman–Crippen MR) is 71.9 cm³/mol. The average molecular weight is 240 g/mol. The molecular weight excluding hydrogens is 224 g/mol. The summed E-state index contributed by atoms with van der Waals surface area (Å²) in [5.41, 5.74) is 2.42. The molecule has 1 heterocycles. The van der Waals surface area contributed by atoms with Crippen LogP contribution >= 0.6 is 0 Å². The van der Waals surface area contributed by atoms with E-state index in [9.17, 15) is 0 Å². The van der Waals surface area contributed by atoms with Crippen LogP contribution in [0.15, 0.2) is 36.4 Å². The summed E-state index contributed by atoms with van der Waals surface area (Å²) in [4.78, 5) is 0. The maximum absolute atomic E-state index is 5.90. The second-order valence-corrected chi connectivity index (χ2v) is 5.02. The van der Waals surface area contributed by atoms with Gasteiger partial charge >= 0.3 is 0 Å². The number of fused-ring (bicyclic) bond motifs is 2.